The lowest BCUT2D eigenvalue weighted by atomic mass is 9.99. The lowest BCUT2D eigenvalue weighted by Crippen LogP contribution is -2.11. The van der Waals surface area contributed by atoms with Crippen molar-refractivity contribution in [2.24, 2.45) is 0 Å². The van der Waals surface area contributed by atoms with Gasteiger partial charge in [-0.2, -0.15) is 0 Å². The van der Waals surface area contributed by atoms with Crippen LogP contribution in [0.4, 0.5) is 17.1 Å². The van der Waals surface area contributed by atoms with Crippen LogP contribution in [0.2, 0.25) is 0 Å². The Kier molecular flexibility index (Phi) is 5.82. The van der Waals surface area contributed by atoms with Crippen molar-refractivity contribution in [3.05, 3.63) is 164 Å². The third-order valence-corrected chi connectivity index (χ3v) is 8.67. The molecule has 3 nitrogen and oxygen atoms in total. The minimum atomic E-state index is 0.863. The van der Waals surface area contributed by atoms with E-state index in [1.165, 1.54) is 0 Å². The number of rotatable bonds is 5. The largest absolute Gasteiger partial charge is 0.456 e. The second kappa shape index (κ2) is 10.3. The first-order valence-corrected chi connectivity index (χ1v) is 15.2. The summed E-state index contributed by atoms with van der Waals surface area (Å²) in [5, 5.41) is 4.45. The topological polar surface area (TPSA) is 29.5 Å². The van der Waals surface area contributed by atoms with Gasteiger partial charge in [-0.15, -0.1) is 0 Å². The molecule has 9 aromatic rings. The van der Waals surface area contributed by atoms with Crippen molar-refractivity contribution in [3.63, 3.8) is 0 Å². The lowest BCUT2D eigenvalue weighted by Gasteiger charge is -2.29. The van der Waals surface area contributed by atoms with Gasteiger partial charge in [0.2, 0.25) is 0 Å². The maximum absolute atomic E-state index is 6.35. The number of furan rings is 2. The maximum Gasteiger partial charge on any atom is 0.137 e. The Labute approximate surface area is 260 Å². The Bertz CT molecular complexity index is 2500. The number of fused-ring (bicyclic) bond motifs is 6. The first-order valence-electron chi connectivity index (χ1n) is 15.2. The number of hydrogen-bond donors (Lipinski definition) is 0. The third-order valence-electron chi connectivity index (χ3n) is 8.67. The van der Waals surface area contributed by atoms with Crippen LogP contribution in [0, 0.1) is 0 Å². The maximum atomic E-state index is 6.35. The fourth-order valence-electron chi connectivity index (χ4n) is 6.61. The second-order valence-electron chi connectivity index (χ2n) is 11.3. The zero-order chi connectivity index (χ0) is 29.7. The number of benzene rings is 7. The molecule has 0 radical (unpaired) electrons. The van der Waals surface area contributed by atoms with E-state index in [4.69, 9.17) is 8.83 Å². The lowest BCUT2D eigenvalue weighted by molar-refractivity contribution is 0.668. The molecule has 0 aliphatic rings. The number of anilines is 3. The number of para-hydroxylation sites is 3. The summed E-state index contributed by atoms with van der Waals surface area (Å²) >= 11 is 0. The van der Waals surface area contributed by atoms with Crippen LogP contribution in [-0.2, 0) is 0 Å². The highest BCUT2D eigenvalue weighted by Crippen LogP contribution is 2.46. The monoisotopic (exact) mass is 577 g/mol. The van der Waals surface area contributed by atoms with Gasteiger partial charge in [0.15, 0.2) is 0 Å². The minimum absolute atomic E-state index is 0.863. The van der Waals surface area contributed by atoms with Gasteiger partial charge in [-0.3, -0.25) is 0 Å². The smallest absolute Gasteiger partial charge is 0.137 e. The summed E-state index contributed by atoms with van der Waals surface area (Å²) in [6.07, 6.45) is 0. The Hall–Kier alpha value is -6.06. The molecule has 0 saturated heterocycles. The van der Waals surface area contributed by atoms with E-state index >= 15 is 0 Å². The van der Waals surface area contributed by atoms with E-state index in [9.17, 15) is 0 Å². The van der Waals surface area contributed by atoms with Gasteiger partial charge in [0.05, 0.1) is 16.8 Å². The highest BCUT2D eigenvalue weighted by Gasteiger charge is 2.22. The molecule has 7 aromatic carbocycles. The average Bonchev–Trinajstić information content (AvgIpc) is 3.68. The molecular formula is C42H27NO2. The SMILES string of the molecule is c1ccc(-c2ccccc2N(c2cccc(-c3ccc4c(c3)oc3ccccc34)c2)c2cccc3oc4ccccc4c23)cc1. The molecule has 2 aromatic heterocycles. The summed E-state index contributed by atoms with van der Waals surface area (Å²) in [6, 6.07) is 57.3. The molecule has 9 rings (SSSR count). The molecular weight excluding hydrogens is 550 g/mol. The van der Waals surface area contributed by atoms with Crippen LogP contribution < -0.4 is 4.90 Å². The van der Waals surface area contributed by atoms with Crippen molar-refractivity contribution in [2.45, 2.75) is 0 Å². The van der Waals surface area contributed by atoms with E-state index < -0.39 is 0 Å². The standard InChI is InChI=1S/C42H27NO2/c1-2-12-28(13-3-1)32-16-4-7-19-36(32)43(37-20-11-23-40-42(37)35-18-6-9-22-39(35)44-40)31-15-10-14-29(26-31)30-24-25-34-33-17-5-8-21-38(33)45-41(34)27-30/h1-27H. The molecule has 0 fully saturated rings. The molecule has 3 heteroatoms. The van der Waals surface area contributed by atoms with Crippen molar-refractivity contribution in [3.8, 4) is 22.3 Å². The van der Waals surface area contributed by atoms with Crippen LogP contribution >= 0.6 is 0 Å². The van der Waals surface area contributed by atoms with Crippen LogP contribution in [0.25, 0.3) is 66.1 Å². The summed E-state index contributed by atoms with van der Waals surface area (Å²) in [7, 11) is 0. The minimum Gasteiger partial charge on any atom is -0.456 e. The Morgan fingerprint density at radius 2 is 0.956 bits per heavy atom. The van der Waals surface area contributed by atoms with Crippen LogP contribution in [0.15, 0.2) is 173 Å². The van der Waals surface area contributed by atoms with Gasteiger partial charge in [-0.05, 0) is 71.3 Å². The fourth-order valence-corrected chi connectivity index (χ4v) is 6.61. The normalized spacial score (nSPS) is 11.6. The molecule has 0 aliphatic heterocycles. The zero-order valence-electron chi connectivity index (χ0n) is 24.4. The fraction of sp³-hybridized carbons (Fsp3) is 0. The van der Waals surface area contributed by atoms with Gasteiger partial charge in [-0.25, -0.2) is 0 Å². The van der Waals surface area contributed by atoms with Gasteiger partial charge in [0.1, 0.15) is 22.3 Å². The van der Waals surface area contributed by atoms with Crippen molar-refractivity contribution in [1.82, 2.24) is 0 Å². The number of nitrogens with zero attached hydrogens (tertiary/aromatic N) is 1. The van der Waals surface area contributed by atoms with Crippen LogP contribution in [0.5, 0.6) is 0 Å². The summed E-state index contributed by atoms with van der Waals surface area (Å²) in [6.45, 7) is 0. The van der Waals surface area contributed by atoms with Gasteiger partial charge in [0.25, 0.3) is 0 Å². The highest BCUT2D eigenvalue weighted by molar-refractivity contribution is 6.14. The molecule has 0 amide bonds. The number of hydrogen-bond acceptors (Lipinski definition) is 3. The van der Waals surface area contributed by atoms with E-state index in [0.29, 0.717) is 0 Å². The molecule has 0 saturated carbocycles. The van der Waals surface area contributed by atoms with E-state index in [2.05, 4.69) is 144 Å². The molecule has 0 spiro atoms. The molecule has 0 unspecified atom stereocenters. The quantitative estimate of drug-likeness (QED) is 0.204. The van der Waals surface area contributed by atoms with E-state index in [0.717, 1.165) is 83.2 Å². The van der Waals surface area contributed by atoms with Gasteiger partial charge in [0, 0.05) is 27.4 Å². The van der Waals surface area contributed by atoms with Crippen molar-refractivity contribution in [1.29, 1.82) is 0 Å². The third kappa shape index (κ3) is 4.21. The molecule has 0 N–H and O–H groups in total. The first kappa shape index (κ1) is 25.4. The predicted molar refractivity (Wildman–Crippen MR) is 187 cm³/mol. The Morgan fingerprint density at radius 1 is 0.356 bits per heavy atom. The van der Waals surface area contributed by atoms with Crippen LogP contribution in [-0.4, -0.2) is 0 Å². The second-order valence-corrected chi connectivity index (χ2v) is 11.3. The summed E-state index contributed by atoms with van der Waals surface area (Å²) in [5.74, 6) is 0. The Balaban J connectivity index is 1.28. The first-order chi connectivity index (χ1) is 22.3. The van der Waals surface area contributed by atoms with Gasteiger partial charge in [-0.1, -0.05) is 109 Å². The molecule has 0 atom stereocenters. The van der Waals surface area contributed by atoms with Crippen LogP contribution in [0.3, 0.4) is 0 Å². The van der Waals surface area contributed by atoms with Crippen molar-refractivity contribution in [2.75, 3.05) is 4.90 Å². The predicted octanol–water partition coefficient (Wildman–Crippen LogP) is 12.3. The van der Waals surface area contributed by atoms with Gasteiger partial charge < -0.3 is 13.7 Å². The molecule has 45 heavy (non-hydrogen) atoms. The Morgan fingerprint density at radius 3 is 1.84 bits per heavy atom. The molecule has 2 heterocycles. The zero-order valence-corrected chi connectivity index (χ0v) is 24.4. The van der Waals surface area contributed by atoms with Gasteiger partial charge >= 0.3 is 0 Å². The highest BCUT2D eigenvalue weighted by atomic mass is 16.3. The van der Waals surface area contributed by atoms with E-state index in [1.54, 1.807) is 0 Å². The molecule has 0 bridgehead atoms. The van der Waals surface area contributed by atoms with Crippen molar-refractivity contribution < 1.29 is 8.83 Å². The summed E-state index contributed by atoms with van der Waals surface area (Å²) < 4.78 is 12.6. The average molecular weight is 578 g/mol. The summed E-state index contributed by atoms with van der Waals surface area (Å²) in [5.41, 5.74) is 11.3. The van der Waals surface area contributed by atoms with Crippen molar-refractivity contribution >= 4 is 60.9 Å². The van der Waals surface area contributed by atoms with E-state index in [1.807, 2.05) is 24.3 Å². The van der Waals surface area contributed by atoms with E-state index in [-0.39, 0.29) is 0 Å². The summed E-state index contributed by atoms with van der Waals surface area (Å²) in [4.78, 5) is 2.37. The molecule has 212 valence electrons. The molecule has 0 aliphatic carbocycles. The van der Waals surface area contributed by atoms with Crippen LogP contribution in [0.1, 0.15) is 0 Å².